The molecule has 3 aromatic heterocycles. The van der Waals surface area contributed by atoms with Gasteiger partial charge in [-0.25, -0.2) is 14.2 Å². The maximum absolute atomic E-state index is 15.2. The predicted molar refractivity (Wildman–Crippen MR) is 340 cm³/mol. The molecule has 0 spiro atoms. The number of para-hydroxylation sites is 1. The average molecular weight is 1190 g/mol. The van der Waals surface area contributed by atoms with E-state index in [1.807, 2.05) is 49.0 Å². The highest BCUT2D eigenvalue weighted by Gasteiger charge is 2.51. The Kier molecular flexibility index (Phi) is 23.3. The molecule has 438 valence electrons. The number of carbonyl (C=O) groups is 1. The van der Waals surface area contributed by atoms with Crippen molar-refractivity contribution < 1.29 is 28.2 Å². The summed E-state index contributed by atoms with van der Waals surface area (Å²) in [5.41, 5.74) is 2.34. The number of nitrogens with zero attached hydrogens (tertiary/aromatic N) is 8. The number of carboxylic acids is 1. The van der Waals surface area contributed by atoms with E-state index < -0.39 is 28.2 Å². The Labute approximate surface area is 495 Å². The summed E-state index contributed by atoms with van der Waals surface area (Å²) in [4.78, 5) is 30.7. The minimum atomic E-state index is -2.98. The van der Waals surface area contributed by atoms with E-state index in [1.54, 1.807) is 23.5 Å². The van der Waals surface area contributed by atoms with Gasteiger partial charge in [0.1, 0.15) is 6.73 Å². The van der Waals surface area contributed by atoms with Crippen LogP contribution >= 0.6 is 22.7 Å². The first-order valence-corrected chi connectivity index (χ1v) is 35.9. The SMILES string of the molecule is CCN(CC)CCNCC(CCCN(c1cc(C)c(/N=c2\sc3ccccc3n2COCC[Si](C)(C)C)nn1)c1nc(C(=O)O)c(CCCOc2ccc(C#CCN(C)C)cc2F)s1)O[Si](c1ccccc1)(c1ccccc1)C(C)(C)C. The van der Waals surface area contributed by atoms with Crippen molar-refractivity contribution in [1.29, 1.82) is 0 Å². The number of halogens is 1. The van der Waals surface area contributed by atoms with Gasteiger partial charge < -0.3 is 34.1 Å². The Morgan fingerprint density at radius 2 is 1.59 bits per heavy atom. The quantitative estimate of drug-likeness (QED) is 0.0251. The lowest BCUT2D eigenvalue weighted by Crippen LogP contribution is -2.68. The third-order valence-corrected chi connectivity index (χ3v) is 23.2. The summed E-state index contributed by atoms with van der Waals surface area (Å²) in [6.07, 6.45) is 1.88. The number of benzene rings is 4. The molecule has 4 aromatic carbocycles. The van der Waals surface area contributed by atoms with Crippen molar-refractivity contribution in [3.8, 4) is 17.6 Å². The smallest absolute Gasteiger partial charge is 0.355 e. The topological polar surface area (TPSA) is 143 Å². The highest BCUT2D eigenvalue weighted by Crippen LogP contribution is 2.39. The van der Waals surface area contributed by atoms with Crippen molar-refractivity contribution in [3.63, 3.8) is 0 Å². The van der Waals surface area contributed by atoms with E-state index in [2.05, 4.69) is 154 Å². The molecule has 0 bridgehead atoms. The molecule has 82 heavy (non-hydrogen) atoms. The van der Waals surface area contributed by atoms with Crippen LogP contribution in [0.4, 0.5) is 21.2 Å². The van der Waals surface area contributed by atoms with Crippen LogP contribution < -0.4 is 30.1 Å². The number of hydrogen-bond acceptors (Lipinski definition) is 14. The van der Waals surface area contributed by atoms with Crippen LogP contribution in [0.15, 0.2) is 114 Å². The number of aryl methyl sites for hydroxylation is 2. The fraction of sp³-hybridized carbons (Fsp3) is 0.444. The number of aromatic nitrogens is 4. The Hall–Kier alpha value is -5.93. The third-order valence-electron chi connectivity index (χ3n) is 14.3. The number of carboxylic acid groups (broad SMARTS) is 1. The predicted octanol–water partition coefficient (Wildman–Crippen LogP) is 11.4. The lowest BCUT2D eigenvalue weighted by atomic mass is 10.2. The fourth-order valence-electron chi connectivity index (χ4n) is 9.73. The Morgan fingerprint density at radius 1 is 0.890 bits per heavy atom. The van der Waals surface area contributed by atoms with E-state index in [0.717, 1.165) is 52.8 Å². The standard InChI is InChI=1S/C63H84FN9O5S2Si2/c1-12-71(13-2)39-36-65-45-49(78-82(63(4,5)6,50-27-16-14-17-28-50)51-29-18-15-19-30-51)26-23-38-72(61-66-58(60(74)75)56(80-61)33-24-40-77-54-35-34-48(44-52(54)64)25-22-37-70(7)8)57-43-47(3)59(69-68-57)67-62-73(46-76-41-42-81(9,10)11)53-31-20-21-32-55(53)79-62/h14-21,27-32,34-35,43-44,49,65H,12-13,23-24,26,33,36-42,45-46H2,1-11H3,(H,74,75)/b67-62-. The molecule has 1 unspecified atom stereocenters. The zero-order valence-corrected chi connectivity index (χ0v) is 53.6. The number of hydrogen-bond donors (Lipinski definition) is 2. The van der Waals surface area contributed by atoms with Gasteiger partial charge in [-0.15, -0.1) is 21.5 Å². The van der Waals surface area contributed by atoms with Gasteiger partial charge in [-0.2, -0.15) is 4.99 Å². The van der Waals surface area contributed by atoms with Crippen LogP contribution in [-0.2, 0) is 22.3 Å². The van der Waals surface area contributed by atoms with Crippen LogP contribution in [-0.4, -0.2) is 136 Å². The van der Waals surface area contributed by atoms with Crippen molar-refractivity contribution in [1.82, 2.24) is 34.9 Å². The minimum absolute atomic E-state index is 0.0418. The average Bonchev–Trinajstić information content (AvgIpc) is 3.96. The van der Waals surface area contributed by atoms with Crippen LogP contribution in [0, 0.1) is 24.6 Å². The summed E-state index contributed by atoms with van der Waals surface area (Å²) in [7, 11) is -0.428. The summed E-state index contributed by atoms with van der Waals surface area (Å²) in [6, 6.07) is 37.4. The van der Waals surface area contributed by atoms with Crippen molar-refractivity contribution >= 4 is 82.4 Å². The van der Waals surface area contributed by atoms with Crippen LogP contribution in [0.5, 0.6) is 5.75 Å². The summed E-state index contributed by atoms with van der Waals surface area (Å²) >= 11 is 2.89. The summed E-state index contributed by atoms with van der Waals surface area (Å²) in [6.45, 7) is 26.8. The first kappa shape index (κ1) is 63.7. The molecule has 2 N–H and O–H groups in total. The number of thiazole rings is 2. The zero-order chi connectivity index (χ0) is 58.9. The van der Waals surface area contributed by atoms with Crippen molar-refractivity contribution in [2.45, 2.75) is 111 Å². The molecule has 7 aromatic rings. The Bertz CT molecular complexity index is 3250. The third kappa shape index (κ3) is 17.3. The molecule has 0 aliphatic heterocycles. The Balaban J connectivity index is 1.22. The number of anilines is 2. The lowest BCUT2D eigenvalue weighted by Gasteiger charge is -2.45. The molecule has 0 saturated carbocycles. The molecular formula is C63H84FN9O5S2Si2. The maximum Gasteiger partial charge on any atom is 0.355 e. The first-order chi connectivity index (χ1) is 39.3. The molecule has 0 radical (unpaired) electrons. The highest BCUT2D eigenvalue weighted by atomic mass is 32.1. The van der Waals surface area contributed by atoms with E-state index in [1.165, 1.54) is 27.8 Å². The maximum atomic E-state index is 15.2. The number of likely N-dealkylation sites (N-methyl/N-ethyl adjacent to an activating group) is 1. The minimum Gasteiger partial charge on any atom is -0.491 e. The van der Waals surface area contributed by atoms with Gasteiger partial charge in [-0.05, 0) is 123 Å². The number of nitrogens with one attached hydrogen (secondary N) is 1. The molecule has 0 aliphatic rings. The van der Waals surface area contributed by atoms with Crippen molar-refractivity contribution in [2.24, 2.45) is 4.99 Å². The second kappa shape index (κ2) is 30.1. The van der Waals surface area contributed by atoms with Gasteiger partial charge in [0.05, 0.1) is 29.5 Å². The number of rotatable bonds is 30. The van der Waals surface area contributed by atoms with Gasteiger partial charge in [0.2, 0.25) is 0 Å². The molecule has 14 nitrogen and oxygen atoms in total. The Morgan fingerprint density at radius 3 is 2.22 bits per heavy atom. The van der Waals surface area contributed by atoms with Gasteiger partial charge >= 0.3 is 5.97 Å². The van der Waals surface area contributed by atoms with E-state index in [4.69, 9.17) is 34.1 Å². The second-order valence-corrected chi connectivity index (χ2v) is 35.0. The van der Waals surface area contributed by atoms with Crippen LogP contribution in [0.1, 0.15) is 80.4 Å². The lowest BCUT2D eigenvalue weighted by molar-refractivity contribution is 0.0690. The first-order valence-electron chi connectivity index (χ1n) is 28.6. The summed E-state index contributed by atoms with van der Waals surface area (Å²) in [5.74, 6) is 5.47. The number of ether oxygens (including phenoxy) is 2. The molecule has 7 rings (SSSR count). The monoisotopic (exact) mass is 1190 g/mol. The largest absolute Gasteiger partial charge is 0.491 e. The van der Waals surface area contributed by atoms with Crippen LogP contribution in [0.3, 0.4) is 0 Å². The molecule has 0 aliphatic carbocycles. The molecular weight excluding hydrogens is 1100 g/mol. The van der Waals surface area contributed by atoms with Gasteiger partial charge in [-0.3, -0.25) is 9.47 Å². The molecule has 3 heterocycles. The van der Waals surface area contributed by atoms with Gasteiger partial charge in [0, 0.05) is 51.3 Å². The number of aromatic carboxylic acids is 1. The van der Waals surface area contributed by atoms with Crippen LogP contribution in [0.2, 0.25) is 30.7 Å². The van der Waals surface area contributed by atoms with E-state index in [0.29, 0.717) is 85.9 Å². The molecule has 0 amide bonds. The number of fused-ring (bicyclic) bond motifs is 1. The van der Waals surface area contributed by atoms with E-state index >= 15 is 4.39 Å². The molecule has 1 atom stereocenters. The van der Waals surface area contributed by atoms with E-state index in [-0.39, 0.29) is 29.2 Å². The highest BCUT2D eigenvalue weighted by molar-refractivity contribution is 7.16. The summed E-state index contributed by atoms with van der Waals surface area (Å²) in [5, 5.41) is 26.7. The van der Waals surface area contributed by atoms with Crippen LogP contribution in [0.25, 0.3) is 10.2 Å². The molecule has 19 heteroatoms. The van der Waals surface area contributed by atoms with E-state index in [9.17, 15) is 9.90 Å². The zero-order valence-electron chi connectivity index (χ0n) is 49.9. The van der Waals surface area contributed by atoms with Crippen molar-refractivity contribution in [3.05, 3.63) is 142 Å². The normalized spacial score (nSPS) is 12.8. The molecule has 0 saturated heterocycles. The van der Waals surface area contributed by atoms with Gasteiger partial charge in [-0.1, -0.05) is 150 Å². The molecule has 0 fully saturated rings. The van der Waals surface area contributed by atoms with Gasteiger partial charge in [0.15, 0.2) is 38.8 Å². The second-order valence-electron chi connectivity index (χ2n) is 23.1. The van der Waals surface area contributed by atoms with Crippen molar-refractivity contribution in [2.75, 3.05) is 78.0 Å². The summed E-state index contributed by atoms with van der Waals surface area (Å²) < 4.78 is 38.4. The fourth-order valence-corrected chi connectivity index (χ4v) is 17.4. The van der Waals surface area contributed by atoms with Gasteiger partial charge in [0.25, 0.3) is 8.32 Å².